The largest absolute Gasteiger partial charge is 0.497 e. The van der Waals surface area contributed by atoms with E-state index in [1.54, 1.807) is 19.2 Å². The summed E-state index contributed by atoms with van der Waals surface area (Å²) in [5.74, 6) is 0.736. The molecule has 0 saturated carbocycles. The van der Waals surface area contributed by atoms with E-state index in [0.29, 0.717) is 25.2 Å². The molecule has 2 aromatic rings. The molecular formula is C23H30N4O3. The van der Waals surface area contributed by atoms with E-state index < -0.39 is 0 Å². The average molecular weight is 411 g/mol. The van der Waals surface area contributed by atoms with E-state index in [-0.39, 0.29) is 17.9 Å². The lowest BCUT2D eigenvalue weighted by Gasteiger charge is -2.36. The van der Waals surface area contributed by atoms with Crippen molar-refractivity contribution in [2.24, 2.45) is 0 Å². The third kappa shape index (κ3) is 5.73. The molecule has 0 bridgehead atoms. The molecule has 30 heavy (non-hydrogen) atoms. The van der Waals surface area contributed by atoms with Crippen molar-refractivity contribution in [3.63, 3.8) is 0 Å². The summed E-state index contributed by atoms with van der Waals surface area (Å²) in [6, 6.07) is 15.3. The highest BCUT2D eigenvalue weighted by Crippen LogP contribution is 2.21. The van der Waals surface area contributed by atoms with Crippen molar-refractivity contribution >= 4 is 23.2 Å². The fourth-order valence-corrected chi connectivity index (χ4v) is 3.34. The van der Waals surface area contributed by atoms with Gasteiger partial charge in [-0.1, -0.05) is 13.8 Å². The number of nitrogens with one attached hydrogen (secondary N) is 2. The van der Waals surface area contributed by atoms with Crippen LogP contribution < -0.4 is 20.3 Å². The maximum Gasteiger partial charge on any atom is 0.253 e. The van der Waals surface area contributed by atoms with E-state index in [4.69, 9.17) is 4.74 Å². The summed E-state index contributed by atoms with van der Waals surface area (Å²) in [7, 11) is 1.61. The maximum atomic E-state index is 12.7. The van der Waals surface area contributed by atoms with Crippen LogP contribution in [0.2, 0.25) is 0 Å². The number of carbonyl (C=O) groups is 2. The number of amides is 2. The van der Waals surface area contributed by atoms with Crippen molar-refractivity contribution in [1.82, 2.24) is 10.2 Å². The first-order valence-electron chi connectivity index (χ1n) is 10.3. The number of hydrogen-bond donors (Lipinski definition) is 2. The van der Waals surface area contributed by atoms with E-state index in [1.807, 2.05) is 55.1 Å². The molecule has 7 heteroatoms. The number of piperazine rings is 1. The molecule has 2 N–H and O–H groups in total. The lowest BCUT2D eigenvalue weighted by molar-refractivity contribution is -0.115. The van der Waals surface area contributed by atoms with Gasteiger partial charge in [0.05, 0.1) is 13.7 Å². The summed E-state index contributed by atoms with van der Waals surface area (Å²) in [6.07, 6.45) is 0. The standard InChI is InChI=1S/C23H30N4O3/c1-17(2)24-16-22(28)25-19-6-8-20(9-7-19)26-12-14-27(15-13-26)23(29)18-4-10-21(30-3)11-5-18/h4-11,17,24H,12-16H2,1-3H3,(H,25,28). The molecule has 2 aromatic carbocycles. The van der Waals surface area contributed by atoms with Crippen molar-refractivity contribution in [3.8, 4) is 5.75 Å². The zero-order chi connectivity index (χ0) is 21.5. The molecule has 0 aliphatic carbocycles. The van der Waals surface area contributed by atoms with Crippen LogP contribution in [0, 0.1) is 0 Å². The van der Waals surface area contributed by atoms with Crippen LogP contribution in [-0.2, 0) is 4.79 Å². The Labute approximate surface area is 178 Å². The smallest absolute Gasteiger partial charge is 0.253 e. The van der Waals surface area contributed by atoms with Gasteiger partial charge in [0.1, 0.15) is 5.75 Å². The number of benzene rings is 2. The van der Waals surface area contributed by atoms with Gasteiger partial charge in [0.15, 0.2) is 0 Å². The van der Waals surface area contributed by atoms with E-state index in [2.05, 4.69) is 15.5 Å². The van der Waals surface area contributed by atoms with Gasteiger partial charge < -0.3 is 25.2 Å². The highest BCUT2D eigenvalue weighted by atomic mass is 16.5. The van der Waals surface area contributed by atoms with Crippen LogP contribution in [0.5, 0.6) is 5.75 Å². The quantitative estimate of drug-likeness (QED) is 0.734. The summed E-state index contributed by atoms with van der Waals surface area (Å²) in [6.45, 7) is 7.19. The van der Waals surface area contributed by atoms with Crippen LogP contribution >= 0.6 is 0 Å². The first kappa shape index (κ1) is 21.6. The SMILES string of the molecule is COc1ccc(C(=O)N2CCN(c3ccc(NC(=O)CNC(C)C)cc3)CC2)cc1. The topological polar surface area (TPSA) is 73.9 Å². The fraction of sp³-hybridized carbons (Fsp3) is 0.391. The molecule has 160 valence electrons. The number of hydrogen-bond acceptors (Lipinski definition) is 5. The van der Waals surface area contributed by atoms with Gasteiger partial charge in [-0.05, 0) is 48.5 Å². The summed E-state index contributed by atoms with van der Waals surface area (Å²) in [5, 5.41) is 5.99. The second-order valence-corrected chi connectivity index (χ2v) is 7.64. The molecule has 1 fully saturated rings. The molecule has 0 radical (unpaired) electrons. The van der Waals surface area contributed by atoms with Crippen LogP contribution in [0.4, 0.5) is 11.4 Å². The normalized spacial score (nSPS) is 14.0. The molecule has 0 spiro atoms. The predicted molar refractivity (Wildman–Crippen MR) is 119 cm³/mol. The van der Waals surface area contributed by atoms with Gasteiger partial charge in [0, 0.05) is 49.2 Å². The number of methoxy groups -OCH3 is 1. The molecule has 0 unspecified atom stereocenters. The Bertz CT molecular complexity index is 842. The van der Waals surface area contributed by atoms with Crippen LogP contribution in [0.3, 0.4) is 0 Å². The minimum absolute atomic E-state index is 0.0466. The zero-order valence-corrected chi connectivity index (χ0v) is 17.9. The molecule has 0 aromatic heterocycles. The van der Waals surface area contributed by atoms with E-state index >= 15 is 0 Å². The highest BCUT2D eigenvalue weighted by molar-refractivity contribution is 5.94. The van der Waals surface area contributed by atoms with E-state index in [9.17, 15) is 9.59 Å². The van der Waals surface area contributed by atoms with Gasteiger partial charge in [0.2, 0.25) is 5.91 Å². The number of anilines is 2. The van der Waals surface area contributed by atoms with Gasteiger partial charge in [0.25, 0.3) is 5.91 Å². The molecule has 1 saturated heterocycles. The second-order valence-electron chi connectivity index (χ2n) is 7.64. The monoisotopic (exact) mass is 410 g/mol. The van der Waals surface area contributed by atoms with Crippen molar-refractivity contribution < 1.29 is 14.3 Å². The minimum atomic E-state index is -0.0536. The fourth-order valence-electron chi connectivity index (χ4n) is 3.34. The Kier molecular flexibility index (Phi) is 7.30. The van der Waals surface area contributed by atoms with Gasteiger partial charge >= 0.3 is 0 Å². The Morgan fingerprint density at radius 2 is 1.60 bits per heavy atom. The number of rotatable bonds is 7. The Morgan fingerprint density at radius 1 is 0.967 bits per heavy atom. The first-order chi connectivity index (χ1) is 14.5. The Morgan fingerprint density at radius 3 is 2.17 bits per heavy atom. The molecule has 1 aliphatic heterocycles. The summed E-state index contributed by atoms with van der Waals surface area (Å²) >= 11 is 0. The summed E-state index contributed by atoms with van der Waals surface area (Å²) in [4.78, 5) is 28.8. The summed E-state index contributed by atoms with van der Waals surface area (Å²) in [5.41, 5.74) is 2.55. The molecule has 0 atom stereocenters. The van der Waals surface area contributed by atoms with E-state index in [1.165, 1.54) is 0 Å². The van der Waals surface area contributed by atoms with Gasteiger partial charge in [-0.2, -0.15) is 0 Å². The third-order valence-corrected chi connectivity index (χ3v) is 5.09. The van der Waals surface area contributed by atoms with Gasteiger partial charge in [-0.3, -0.25) is 9.59 Å². The third-order valence-electron chi connectivity index (χ3n) is 5.09. The van der Waals surface area contributed by atoms with Crippen molar-refractivity contribution in [2.45, 2.75) is 19.9 Å². The van der Waals surface area contributed by atoms with Gasteiger partial charge in [-0.25, -0.2) is 0 Å². The Hall–Kier alpha value is -3.06. The second kappa shape index (κ2) is 10.1. The van der Waals surface area contributed by atoms with Crippen LogP contribution in [0.25, 0.3) is 0 Å². The molecule has 1 aliphatic rings. The highest BCUT2D eigenvalue weighted by Gasteiger charge is 2.22. The molecule has 1 heterocycles. The number of ether oxygens (including phenoxy) is 1. The zero-order valence-electron chi connectivity index (χ0n) is 17.9. The van der Waals surface area contributed by atoms with Crippen molar-refractivity contribution in [1.29, 1.82) is 0 Å². The van der Waals surface area contributed by atoms with Gasteiger partial charge in [-0.15, -0.1) is 0 Å². The average Bonchev–Trinajstić information content (AvgIpc) is 2.78. The van der Waals surface area contributed by atoms with Crippen LogP contribution in [-0.4, -0.2) is 62.6 Å². The van der Waals surface area contributed by atoms with E-state index in [0.717, 1.165) is 30.2 Å². The number of carbonyl (C=O) groups excluding carboxylic acids is 2. The van der Waals surface area contributed by atoms with Crippen molar-refractivity contribution in [2.75, 3.05) is 50.1 Å². The molecule has 3 rings (SSSR count). The van der Waals surface area contributed by atoms with Crippen LogP contribution in [0.1, 0.15) is 24.2 Å². The van der Waals surface area contributed by atoms with Crippen molar-refractivity contribution in [3.05, 3.63) is 54.1 Å². The first-order valence-corrected chi connectivity index (χ1v) is 10.3. The maximum absolute atomic E-state index is 12.7. The Balaban J connectivity index is 1.50. The summed E-state index contributed by atoms with van der Waals surface area (Å²) < 4.78 is 5.15. The molecular weight excluding hydrogens is 380 g/mol. The molecule has 2 amide bonds. The lowest BCUT2D eigenvalue weighted by Crippen LogP contribution is -2.48. The number of nitrogens with zero attached hydrogens (tertiary/aromatic N) is 2. The van der Waals surface area contributed by atoms with Crippen LogP contribution in [0.15, 0.2) is 48.5 Å². The lowest BCUT2D eigenvalue weighted by atomic mass is 10.1. The minimum Gasteiger partial charge on any atom is -0.497 e. The predicted octanol–water partition coefficient (Wildman–Crippen LogP) is 2.59. The molecule has 7 nitrogen and oxygen atoms in total.